The van der Waals surface area contributed by atoms with Crippen LogP contribution in [0, 0.1) is 24.7 Å². The largest absolute Gasteiger partial charge is 0.459 e. The molecule has 4 bridgehead atoms. The average Bonchev–Trinajstić information content (AvgIpc) is 3.47. The van der Waals surface area contributed by atoms with Gasteiger partial charge >= 0.3 is 0 Å². The van der Waals surface area contributed by atoms with Gasteiger partial charge in [0.1, 0.15) is 5.01 Å². The molecule has 2 amide bonds. The smallest absolute Gasteiger partial charge is 0.291 e. The zero-order valence-corrected chi connectivity index (χ0v) is 19.3. The molecular weight excluding hydrogens is 436 g/mol. The van der Waals surface area contributed by atoms with Crippen molar-refractivity contribution in [1.82, 2.24) is 10.2 Å². The Morgan fingerprint density at radius 2 is 1.73 bits per heavy atom. The number of hydrogen-bond acceptors (Lipinski definition) is 6. The van der Waals surface area contributed by atoms with Crippen molar-refractivity contribution in [3.8, 4) is 0 Å². The van der Waals surface area contributed by atoms with Crippen LogP contribution in [-0.2, 0) is 5.41 Å². The Balaban J connectivity index is 1.17. The van der Waals surface area contributed by atoms with E-state index in [4.69, 9.17) is 4.42 Å². The Morgan fingerprint density at radius 3 is 2.39 bits per heavy atom. The highest BCUT2D eigenvalue weighted by Gasteiger charge is 2.53. The summed E-state index contributed by atoms with van der Waals surface area (Å²) in [6.45, 7) is 1.88. The highest BCUT2D eigenvalue weighted by Crippen LogP contribution is 2.61. The van der Waals surface area contributed by atoms with Crippen LogP contribution >= 0.6 is 11.3 Å². The van der Waals surface area contributed by atoms with E-state index in [1.54, 1.807) is 24.3 Å². The van der Waals surface area contributed by atoms with Crippen molar-refractivity contribution < 1.29 is 14.0 Å². The van der Waals surface area contributed by atoms with Crippen LogP contribution in [0.3, 0.4) is 0 Å². The zero-order chi connectivity index (χ0) is 22.6. The van der Waals surface area contributed by atoms with Gasteiger partial charge in [-0.25, -0.2) is 0 Å². The number of benzene rings is 1. The van der Waals surface area contributed by atoms with Gasteiger partial charge in [-0.2, -0.15) is 0 Å². The van der Waals surface area contributed by atoms with Crippen molar-refractivity contribution in [2.45, 2.75) is 50.9 Å². The summed E-state index contributed by atoms with van der Waals surface area (Å²) in [5, 5.41) is 16.2. The molecule has 4 saturated carbocycles. The first kappa shape index (κ1) is 20.6. The predicted molar refractivity (Wildman–Crippen MR) is 126 cm³/mol. The lowest BCUT2D eigenvalue weighted by molar-refractivity contribution is -0.00555. The summed E-state index contributed by atoms with van der Waals surface area (Å²) in [7, 11) is 0. The molecule has 2 heterocycles. The quantitative estimate of drug-likeness (QED) is 0.528. The number of aromatic nitrogens is 2. The first-order valence-electron chi connectivity index (χ1n) is 11.6. The van der Waals surface area contributed by atoms with Crippen molar-refractivity contribution in [2.75, 3.05) is 10.6 Å². The van der Waals surface area contributed by atoms with Crippen molar-refractivity contribution >= 4 is 34.0 Å². The van der Waals surface area contributed by atoms with Crippen LogP contribution in [-0.4, -0.2) is 22.0 Å². The third kappa shape index (κ3) is 3.76. The van der Waals surface area contributed by atoms with Crippen LogP contribution in [0.4, 0.5) is 10.8 Å². The van der Waals surface area contributed by atoms with Gasteiger partial charge in [-0.15, -0.1) is 10.2 Å². The molecule has 3 aromatic rings. The number of nitrogens with zero attached hydrogens (tertiary/aromatic N) is 2. The summed E-state index contributed by atoms with van der Waals surface area (Å²) in [5.41, 5.74) is 2.03. The number of hydrogen-bond donors (Lipinski definition) is 2. The lowest BCUT2D eigenvalue weighted by Crippen LogP contribution is -2.48. The van der Waals surface area contributed by atoms with Gasteiger partial charge in [-0.1, -0.05) is 17.4 Å². The topological polar surface area (TPSA) is 97.1 Å². The van der Waals surface area contributed by atoms with E-state index in [2.05, 4.69) is 20.8 Å². The molecule has 1 aromatic carbocycles. The summed E-state index contributed by atoms with van der Waals surface area (Å²) in [4.78, 5) is 25.3. The first-order valence-corrected chi connectivity index (χ1v) is 12.4. The van der Waals surface area contributed by atoms with Crippen LogP contribution in [0.2, 0.25) is 0 Å². The van der Waals surface area contributed by atoms with Gasteiger partial charge in [0.15, 0.2) is 5.76 Å². The van der Waals surface area contributed by atoms with Gasteiger partial charge in [0.05, 0.1) is 6.26 Å². The van der Waals surface area contributed by atoms with E-state index in [0.717, 1.165) is 28.3 Å². The summed E-state index contributed by atoms with van der Waals surface area (Å²) >= 11 is 1.52. The zero-order valence-electron chi connectivity index (χ0n) is 18.5. The maximum Gasteiger partial charge on any atom is 0.291 e. The molecular formula is C25H26N4O3S. The van der Waals surface area contributed by atoms with Gasteiger partial charge in [0.25, 0.3) is 11.8 Å². The molecule has 170 valence electrons. The monoisotopic (exact) mass is 462 g/mol. The van der Waals surface area contributed by atoms with Crippen molar-refractivity contribution in [2.24, 2.45) is 17.8 Å². The first-order chi connectivity index (χ1) is 16.0. The molecule has 0 atom stereocenters. The molecule has 0 radical (unpaired) electrons. The highest BCUT2D eigenvalue weighted by molar-refractivity contribution is 7.15. The molecule has 2 N–H and O–H groups in total. The SMILES string of the molecule is Cc1ccc(C(=O)Nc2nnc(C34CC5CC(CC(C5)C3)C4)s2)cc1NC(=O)c1ccco1. The second-order valence-electron chi connectivity index (χ2n) is 10.0. The molecule has 0 spiro atoms. The molecule has 8 heteroatoms. The number of anilines is 2. The maximum atomic E-state index is 12.9. The predicted octanol–water partition coefficient (Wildman–Crippen LogP) is 5.41. The van der Waals surface area contributed by atoms with Crippen LogP contribution in [0.15, 0.2) is 41.0 Å². The van der Waals surface area contributed by atoms with Crippen LogP contribution in [0.25, 0.3) is 0 Å². The molecule has 4 aliphatic carbocycles. The summed E-state index contributed by atoms with van der Waals surface area (Å²) in [5.74, 6) is 2.10. The Hall–Kier alpha value is -3.00. The molecule has 4 fully saturated rings. The van der Waals surface area contributed by atoms with Crippen LogP contribution in [0.1, 0.15) is 70.0 Å². The fourth-order valence-corrected chi connectivity index (χ4v) is 7.48. The van der Waals surface area contributed by atoms with Crippen molar-refractivity contribution in [1.29, 1.82) is 0 Å². The number of furan rings is 1. The van der Waals surface area contributed by atoms with Crippen molar-refractivity contribution in [3.05, 3.63) is 58.5 Å². The van der Waals surface area contributed by atoms with Gasteiger partial charge in [-0.3, -0.25) is 14.9 Å². The lowest BCUT2D eigenvalue weighted by atomic mass is 9.50. The van der Waals surface area contributed by atoms with Gasteiger partial charge in [-0.05, 0) is 93.0 Å². The minimum absolute atomic E-state index is 0.169. The van der Waals surface area contributed by atoms with Gasteiger partial charge in [0.2, 0.25) is 5.13 Å². The summed E-state index contributed by atoms with van der Waals surface area (Å²) in [6.07, 6.45) is 9.26. The third-order valence-electron chi connectivity index (χ3n) is 7.63. The molecule has 7 rings (SSSR count). The van der Waals surface area contributed by atoms with E-state index in [1.165, 1.54) is 56.1 Å². The fraction of sp³-hybridized carbons (Fsp3) is 0.440. The number of amides is 2. The van der Waals surface area contributed by atoms with E-state index in [9.17, 15) is 9.59 Å². The Kier molecular flexibility index (Phi) is 4.87. The normalized spacial score (nSPS) is 27.5. The highest BCUT2D eigenvalue weighted by atomic mass is 32.1. The molecule has 4 aliphatic rings. The van der Waals surface area contributed by atoms with E-state index in [1.807, 2.05) is 13.0 Å². The van der Waals surface area contributed by atoms with Crippen molar-refractivity contribution in [3.63, 3.8) is 0 Å². The third-order valence-corrected chi connectivity index (χ3v) is 8.72. The summed E-state index contributed by atoms with van der Waals surface area (Å²) in [6, 6.07) is 8.48. The average molecular weight is 463 g/mol. The Bertz CT molecular complexity index is 1180. The maximum absolute atomic E-state index is 12.9. The Labute approximate surface area is 196 Å². The van der Waals surface area contributed by atoms with E-state index in [0.29, 0.717) is 16.4 Å². The number of aryl methyl sites for hydroxylation is 1. The molecule has 33 heavy (non-hydrogen) atoms. The number of carbonyl (C=O) groups is 2. The fourth-order valence-electron chi connectivity index (χ4n) is 6.52. The molecule has 7 nitrogen and oxygen atoms in total. The minimum Gasteiger partial charge on any atom is -0.459 e. The van der Waals surface area contributed by atoms with E-state index in [-0.39, 0.29) is 23.0 Å². The van der Waals surface area contributed by atoms with E-state index >= 15 is 0 Å². The van der Waals surface area contributed by atoms with E-state index < -0.39 is 0 Å². The number of rotatable bonds is 5. The van der Waals surface area contributed by atoms with Crippen LogP contribution < -0.4 is 10.6 Å². The van der Waals surface area contributed by atoms with Gasteiger partial charge in [0, 0.05) is 16.7 Å². The molecule has 0 unspecified atom stereocenters. The Morgan fingerprint density at radius 1 is 1.00 bits per heavy atom. The second kappa shape index (κ2) is 7.80. The molecule has 2 aromatic heterocycles. The van der Waals surface area contributed by atoms with Gasteiger partial charge < -0.3 is 9.73 Å². The lowest BCUT2D eigenvalue weighted by Gasteiger charge is -2.55. The minimum atomic E-state index is -0.356. The standard InChI is InChI=1S/C25H26N4O3S/c1-14-4-5-18(10-19(14)26-22(31)20-3-2-6-32-20)21(30)27-24-29-28-23(33-24)25-11-15-7-16(12-25)9-17(8-15)13-25/h2-6,10,15-17H,7-9,11-13H2,1H3,(H,26,31)(H,27,29,30). The molecule has 0 saturated heterocycles. The number of nitrogens with one attached hydrogen (secondary N) is 2. The second-order valence-corrected chi connectivity index (χ2v) is 11.0. The summed E-state index contributed by atoms with van der Waals surface area (Å²) < 4.78 is 5.15. The van der Waals surface area contributed by atoms with Crippen LogP contribution in [0.5, 0.6) is 0 Å². The molecule has 0 aliphatic heterocycles. The number of carbonyl (C=O) groups excluding carboxylic acids is 2.